The van der Waals surface area contributed by atoms with Crippen LogP contribution >= 0.6 is 22.4 Å². The monoisotopic (exact) mass is 502 g/mol. The first-order valence-corrected chi connectivity index (χ1v) is 15.1. The Bertz CT molecular complexity index is 920. The van der Waals surface area contributed by atoms with Gasteiger partial charge in [0.1, 0.15) is 11.4 Å². The molecule has 0 aliphatic heterocycles. The molecule has 7 atom stereocenters. The lowest BCUT2D eigenvalue weighted by atomic mass is 9.51. The number of carbonyl (C=O) groups is 1. The van der Waals surface area contributed by atoms with Crippen molar-refractivity contribution < 1.29 is 22.9 Å². The topological polar surface area (TPSA) is 91.7 Å². The van der Waals surface area contributed by atoms with Gasteiger partial charge in [0.25, 0.3) is 0 Å². The van der Waals surface area contributed by atoms with Gasteiger partial charge in [-0.25, -0.2) is 0 Å². The van der Waals surface area contributed by atoms with E-state index in [9.17, 15) is 18.3 Å². The zero-order chi connectivity index (χ0) is 23.7. The van der Waals surface area contributed by atoms with Crippen LogP contribution in [0.1, 0.15) is 72.1 Å². The highest BCUT2D eigenvalue weighted by Crippen LogP contribution is 2.63. The fourth-order valence-electron chi connectivity index (χ4n) is 7.25. The Morgan fingerprint density at radius 1 is 1.22 bits per heavy atom. The van der Waals surface area contributed by atoms with Crippen molar-refractivity contribution >= 4 is 37.3 Å². The first kappa shape index (κ1) is 26.1. The quantitative estimate of drug-likeness (QED) is 0.236. The molecule has 0 spiro atoms. The van der Waals surface area contributed by atoms with Crippen molar-refractivity contribution in [3.05, 3.63) is 11.6 Å². The third-order valence-electron chi connectivity index (χ3n) is 8.52. The van der Waals surface area contributed by atoms with Crippen LogP contribution in [0.2, 0.25) is 0 Å². The molecule has 32 heavy (non-hydrogen) atoms. The van der Waals surface area contributed by atoms with Crippen LogP contribution in [0.4, 0.5) is 0 Å². The van der Waals surface area contributed by atoms with Gasteiger partial charge in [0.15, 0.2) is 0 Å². The average molecular weight is 503 g/mol. The Hall–Kier alpha value is -0.520. The van der Waals surface area contributed by atoms with Crippen molar-refractivity contribution in [3.63, 3.8) is 0 Å². The molecule has 8 heteroatoms. The summed E-state index contributed by atoms with van der Waals surface area (Å²) < 4.78 is 31.1. The molecule has 0 aromatic rings. The number of rotatable bonds is 4. The van der Waals surface area contributed by atoms with Crippen molar-refractivity contribution in [1.82, 2.24) is 0 Å². The molecular weight excluding hydrogens is 468 g/mol. The molecular formula is C24H35ClO5S2. The molecule has 3 saturated carbocycles. The van der Waals surface area contributed by atoms with Gasteiger partial charge < -0.3 is 5.11 Å². The molecule has 0 bridgehead atoms. The Balaban J connectivity index is 0.00000141. The second-order valence-electron chi connectivity index (χ2n) is 9.85. The summed E-state index contributed by atoms with van der Waals surface area (Å²) >= 11 is 5.56. The summed E-state index contributed by atoms with van der Waals surface area (Å²) in [5.41, 5.74) is 0.224. The van der Waals surface area contributed by atoms with Crippen LogP contribution < -0.4 is 0 Å². The Labute approximate surface area is 201 Å². The summed E-state index contributed by atoms with van der Waals surface area (Å²) in [6.45, 7) is 6.22. The minimum Gasteiger partial charge on any atom is -0.377 e. The average Bonchev–Trinajstić information content (AvgIpc) is 3.10. The van der Waals surface area contributed by atoms with Crippen LogP contribution in [0, 0.1) is 46.3 Å². The zero-order valence-corrected chi connectivity index (χ0v) is 21.5. The first-order chi connectivity index (χ1) is 15.1. The summed E-state index contributed by atoms with van der Waals surface area (Å²) in [6, 6.07) is 0. The first-order valence-electron chi connectivity index (χ1n) is 11.7. The van der Waals surface area contributed by atoms with E-state index in [1.165, 1.54) is 5.57 Å². The molecule has 4 rings (SSSR count). The lowest BCUT2D eigenvalue weighted by Gasteiger charge is -2.54. The summed E-state index contributed by atoms with van der Waals surface area (Å²) in [5.74, 6) is 4.49. The van der Waals surface area contributed by atoms with Crippen LogP contribution in [0.25, 0.3) is 0 Å². The molecule has 7 unspecified atom stereocenters. The molecule has 0 amide bonds. The number of carbonyl (C=O) groups excluding carboxylic acids is 1. The molecule has 0 heterocycles. The molecule has 180 valence electrons. The maximum absolute atomic E-state index is 12.8. The fraction of sp³-hybridized carbons (Fsp3) is 0.792. The largest absolute Gasteiger partial charge is 0.377 e. The summed E-state index contributed by atoms with van der Waals surface area (Å²) in [7, 11) is -3.86. The summed E-state index contributed by atoms with van der Waals surface area (Å²) in [4.78, 5) is 12.8. The van der Waals surface area contributed by atoms with Gasteiger partial charge in [-0.05, 0) is 85.6 Å². The SMILES string of the molecule is CC.CC12CCC3C4CCC(O)(C#CCl)CC4=CCC3C1CCC2C(=O)CSS(=O)(=O)O. The van der Waals surface area contributed by atoms with Gasteiger partial charge in [-0.3, -0.25) is 9.35 Å². The van der Waals surface area contributed by atoms with Crippen LogP contribution in [0.5, 0.6) is 0 Å². The standard InChI is InChI=1S/C22H29ClO5S2.C2H6/c1-21-8-6-16-15-7-9-22(25,10-11-23)12-14(15)2-3-17(16)18(21)4-5-19(21)20(24)13-29-30(26,27)28;1-2/h2,15-19,25H,3-9,12-13H2,1H3,(H,26,27,28);1-2H3. The van der Waals surface area contributed by atoms with Crippen LogP contribution in [-0.2, 0) is 13.9 Å². The number of fused-ring (bicyclic) bond motifs is 5. The van der Waals surface area contributed by atoms with E-state index < -0.39 is 14.8 Å². The molecule has 3 fully saturated rings. The van der Waals surface area contributed by atoms with E-state index in [4.69, 9.17) is 16.2 Å². The van der Waals surface area contributed by atoms with E-state index in [0.717, 1.165) is 38.5 Å². The zero-order valence-electron chi connectivity index (χ0n) is 19.1. The number of hydrogen-bond donors (Lipinski definition) is 2. The van der Waals surface area contributed by atoms with E-state index >= 15 is 0 Å². The summed E-state index contributed by atoms with van der Waals surface area (Å²) in [6.07, 6.45) is 9.28. The van der Waals surface area contributed by atoms with Crippen molar-refractivity contribution in [3.8, 4) is 11.3 Å². The number of aliphatic hydroxyl groups is 1. The normalized spacial score (nSPS) is 40.3. The van der Waals surface area contributed by atoms with Gasteiger partial charge in [-0.2, -0.15) is 8.42 Å². The minimum absolute atomic E-state index is 0.0458. The Kier molecular flexibility index (Phi) is 8.15. The van der Waals surface area contributed by atoms with Crippen molar-refractivity contribution in [2.24, 2.45) is 35.0 Å². The van der Waals surface area contributed by atoms with E-state index in [1.807, 2.05) is 13.8 Å². The number of hydrogen-bond acceptors (Lipinski definition) is 5. The van der Waals surface area contributed by atoms with Crippen LogP contribution in [-0.4, -0.2) is 35.2 Å². The van der Waals surface area contributed by atoms with Crippen molar-refractivity contribution in [1.29, 1.82) is 0 Å². The van der Waals surface area contributed by atoms with Gasteiger partial charge in [0.2, 0.25) is 0 Å². The highest BCUT2D eigenvalue weighted by molar-refractivity contribution is 8.70. The third-order valence-corrected chi connectivity index (χ3v) is 10.6. The number of Topliss-reactive ketones (excluding diaryl/α,β-unsaturated/α-hetero) is 1. The predicted octanol–water partition coefficient (Wildman–Crippen LogP) is 5.24. The van der Waals surface area contributed by atoms with Gasteiger partial charge in [0.05, 0.1) is 5.75 Å². The number of halogens is 1. The minimum atomic E-state index is -4.19. The predicted molar refractivity (Wildman–Crippen MR) is 130 cm³/mol. The number of allylic oxidation sites excluding steroid dienone is 1. The van der Waals surface area contributed by atoms with Crippen LogP contribution in [0.3, 0.4) is 0 Å². The second-order valence-corrected chi connectivity index (χ2v) is 13.4. The molecule has 2 N–H and O–H groups in total. The highest BCUT2D eigenvalue weighted by atomic mass is 35.5. The highest BCUT2D eigenvalue weighted by Gasteiger charge is 2.57. The van der Waals surface area contributed by atoms with Gasteiger partial charge >= 0.3 is 9.15 Å². The van der Waals surface area contributed by atoms with Crippen molar-refractivity contribution in [2.45, 2.75) is 77.7 Å². The van der Waals surface area contributed by atoms with E-state index in [-0.39, 0.29) is 22.9 Å². The fourth-order valence-corrected chi connectivity index (χ4v) is 8.69. The third kappa shape index (κ3) is 5.10. The van der Waals surface area contributed by atoms with Crippen LogP contribution in [0.15, 0.2) is 11.6 Å². The Morgan fingerprint density at radius 2 is 1.94 bits per heavy atom. The lowest BCUT2D eigenvalue weighted by Crippen LogP contribution is -2.48. The second kappa shape index (κ2) is 10.00. The van der Waals surface area contributed by atoms with Gasteiger partial charge in [0, 0.05) is 28.5 Å². The van der Waals surface area contributed by atoms with E-state index in [0.29, 0.717) is 47.3 Å². The lowest BCUT2D eigenvalue weighted by molar-refractivity contribution is -0.126. The maximum atomic E-state index is 12.8. The summed E-state index contributed by atoms with van der Waals surface area (Å²) in [5, 5.41) is 13.1. The molecule has 4 aliphatic carbocycles. The Morgan fingerprint density at radius 3 is 2.59 bits per heavy atom. The molecule has 4 aliphatic rings. The maximum Gasteiger partial charge on any atom is 0.320 e. The molecule has 0 aromatic carbocycles. The molecule has 0 radical (unpaired) electrons. The van der Waals surface area contributed by atoms with Gasteiger partial charge in [-0.15, -0.1) is 0 Å². The van der Waals surface area contributed by atoms with Gasteiger partial charge in [-0.1, -0.05) is 38.3 Å². The van der Waals surface area contributed by atoms with E-state index in [1.54, 1.807) is 0 Å². The molecule has 5 nitrogen and oxygen atoms in total. The number of ketones is 1. The molecule has 0 aromatic heterocycles. The van der Waals surface area contributed by atoms with E-state index in [2.05, 4.69) is 24.3 Å². The molecule has 0 saturated heterocycles. The smallest absolute Gasteiger partial charge is 0.320 e. The van der Waals surface area contributed by atoms with Crippen molar-refractivity contribution in [2.75, 3.05) is 5.75 Å².